The molecule has 0 radical (unpaired) electrons. The Balaban J connectivity index is 1.85. The van der Waals surface area contributed by atoms with Crippen molar-refractivity contribution in [2.24, 2.45) is 5.92 Å². The van der Waals surface area contributed by atoms with Crippen LogP contribution in [-0.4, -0.2) is 36.7 Å². The van der Waals surface area contributed by atoms with Gasteiger partial charge in [-0.25, -0.2) is 4.98 Å². The predicted molar refractivity (Wildman–Crippen MR) is 67.8 cm³/mol. The van der Waals surface area contributed by atoms with Crippen LogP contribution in [0.5, 0.6) is 0 Å². The minimum absolute atomic E-state index is 0.0182. The Morgan fingerprint density at radius 3 is 3.11 bits per heavy atom. The first-order valence-corrected chi connectivity index (χ1v) is 5.98. The third-order valence-corrected chi connectivity index (χ3v) is 3.11. The molecule has 1 aliphatic carbocycles. The molecule has 2 atom stereocenters. The maximum absolute atomic E-state index is 10.9. The molecule has 1 aliphatic rings. The van der Waals surface area contributed by atoms with E-state index in [1.165, 1.54) is 6.33 Å². The number of anilines is 1. The zero-order chi connectivity index (χ0) is 13.4. The fourth-order valence-corrected chi connectivity index (χ4v) is 2.21. The van der Waals surface area contributed by atoms with Crippen molar-refractivity contribution in [2.75, 3.05) is 5.32 Å². The fourth-order valence-electron chi connectivity index (χ4n) is 2.21. The van der Waals surface area contributed by atoms with Gasteiger partial charge in [-0.2, -0.15) is 14.6 Å². The molecule has 98 valence electrons. The highest BCUT2D eigenvalue weighted by Gasteiger charge is 2.24. The van der Waals surface area contributed by atoms with E-state index in [9.17, 15) is 4.79 Å². The molecule has 2 aromatic heterocycles. The van der Waals surface area contributed by atoms with E-state index in [1.807, 2.05) is 19.1 Å². The quantitative estimate of drug-likeness (QED) is 0.795. The number of hydrogen-bond acceptors (Lipinski definition) is 5. The van der Waals surface area contributed by atoms with Crippen molar-refractivity contribution in [3.05, 3.63) is 30.2 Å². The Kier molecular flexibility index (Phi) is 2.66. The van der Waals surface area contributed by atoms with Crippen LogP contribution in [0.4, 0.5) is 5.82 Å². The molecule has 2 N–H and O–H groups in total. The summed E-state index contributed by atoms with van der Waals surface area (Å²) < 4.78 is 1.61. The lowest BCUT2D eigenvalue weighted by atomic mass is 10.1. The summed E-state index contributed by atoms with van der Waals surface area (Å²) in [6, 6.07) is 1.85. The van der Waals surface area contributed by atoms with Crippen LogP contribution in [0.25, 0.3) is 5.78 Å². The Morgan fingerprint density at radius 1 is 1.53 bits per heavy atom. The van der Waals surface area contributed by atoms with Crippen molar-refractivity contribution in [3.8, 4) is 0 Å². The second-order valence-corrected chi connectivity index (χ2v) is 4.57. The summed E-state index contributed by atoms with van der Waals surface area (Å²) in [5.74, 6) is 0.0731. The molecule has 0 fully saturated rings. The first-order valence-electron chi connectivity index (χ1n) is 5.98. The first kappa shape index (κ1) is 11.6. The summed E-state index contributed by atoms with van der Waals surface area (Å²) in [4.78, 5) is 19.2. The zero-order valence-corrected chi connectivity index (χ0v) is 10.3. The Hall–Kier alpha value is -2.44. The average molecular weight is 259 g/mol. The number of aryl methyl sites for hydroxylation is 1. The topological polar surface area (TPSA) is 92.4 Å². The zero-order valence-electron chi connectivity index (χ0n) is 10.3. The van der Waals surface area contributed by atoms with Gasteiger partial charge in [-0.1, -0.05) is 12.2 Å². The lowest BCUT2D eigenvalue weighted by Gasteiger charge is -2.14. The van der Waals surface area contributed by atoms with E-state index in [-0.39, 0.29) is 6.04 Å². The average Bonchev–Trinajstić information content (AvgIpc) is 2.96. The number of aromatic nitrogens is 4. The molecule has 7 nitrogen and oxygen atoms in total. The maximum Gasteiger partial charge on any atom is 0.310 e. The van der Waals surface area contributed by atoms with Gasteiger partial charge in [0.25, 0.3) is 5.78 Å². The van der Waals surface area contributed by atoms with E-state index in [0.29, 0.717) is 12.2 Å². The molecule has 0 saturated carbocycles. The summed E-state index contributed by atoms with van der Waals surface area (Å²) in [5, 5.41) is 16.3. The van der Waals surface area contributed by atoms with E-state index >= 15 is 0 Å². The van der Waals surface area contributed by atoms with Crippen LogP contribution in [0.2, 0.25) is 0 Å². The first-order chi connectivity index (χ1) is 9.13. The molecule has 0 aliphatic heterocycles. The van der Waals surface area contributed by atoms with Gasteiger partial charge in [0.05, 0.1) is 5.92 Å². The standard InChI is InChI=1S/C12H13N5O2/c1-7-4-10(17-12(15-7)13-6-14-17)16-9-3-2-8(5-9)11(18)19/h2-4,6,8-9,16H,5H2,1H3,(H,18,19). The summed E-state index contributed by atoms with van der Waals surface area (Å²) >= 11 is 0. The van der Waals surface area contributed by atoms with E-state index in [2.05, 4.69) is 20.4 Å². The van der Waals surface area contributed by atoms with E-state index in [0.717, 1.165) is 11.5 Å². The van der Waals surface area contributed by atoms with Crippen LogP contribution >= 0.6 is 0 Å². The van der Waals surface area contributed by atoms with Gasteiger partial charge >= 0.3 is 5.97 Å². The van der Waals surface area contributed by atoms with Gasteiger partial charge in [-0.05, 0) is 13.3 Å². The Morgan fingerprint density at radius 2 is 2.37 bits per heavy atom. The van der Waals surface area contributed by atoms with Crippen LogP contribution in [0.3, 0.4) is 0 Å². The normalized spacial score (nSPS) is 21.9. The van der Waals surface area contributed by atoms with Crippen molar-refractivity contribution < 1.29 is 9.90 Å². The van der Waals surface area contributed by atoms with Crippen LogP contribution in [-0.2, 0) is 4.79 Å². The molecule has 0 saturated heterocycles. The number of carboxylic acid groups (broad SMARTS) is 1. The molecule has 3 rings (SSSR count). The molecular formula is C12H13N5O2. The summed E-state index contributed by atoms with van der Waals surface area (Å²) in [6.45, 7) is 1.88. The molecule has 19 heavy (non-hydrogen) atoms. The van der Waals surface area contributed by atoms with Crippen molar-refractivity contribution in [1.29, 1.82) is 0 Å². The number of rotatable bonds is 3. The van der Waals surface area contributed by atoms with Gasteiger partial charge in [0.1, 0.15) is 12.1 Å². The Bertz CT molecular complexity index is 663. The van der Waals surface area contributed by atoms with Gasteiger partial charge in [0.2, 0.25) is 0 Å². The number of carboxylic acids is 1. The highest BCUT2D eigenvalue weighted by molar-refractivity contribution is 5.73. The van der Waals surface area contributed by atoms with Crippen LogP contribution < -0.4 is 5.32 Å². The van der Waals surface area contributed by atoms with E-state index < -0.39 is 11.9 Å². The number of hydrogen-bond donors (Lipinski definition) is 2. The lowest BCUT2D eigenvalue weighted by molar-refractivity contribution is -0.140. The van der Waals surface area contributed by atoms with Crippen molar-refractivity contribution >= 4 is 17.6 Å². The molecule has 0 spiro atoms. The lowest BCUT2D eigenvalue weighted by Crippen LogP contribution is -2.20. The van der Waals surface area contributed by atoms with Gasteiger partial charge in [-0.3, -0.25) is 4.79 Å². The molecule has 2 aromatic rings. The fraction of sp³-hybridized carbons (Fsp3) is 0.333. The summed E-state index contributed by atoms with van der Waals surface area (Å²) in [6.07, 6.45) is 5.56. The van der Waals surface area contributed by atoms with Gasteiger partial charge in [0.15, 0.2) is 0 Å². The number of nitrogens with one attached hydrogen (secondary N) is 1. The molecule has 0 amide bonds. The second kappa shape index (κ2) is 4.34. The monoisotopic (exact) mass is 259 g/mol. The number of aliphatic carboxylic acids is 1. The third-order valence-electron chi connectivity index (χ3n) is 3.11. The van der Waals surface area contributed by atoms with Gasteiger partial charge in [-0.15, -0.1) is 0 Å². The number of fused-ring (bicyclic) bond motifs is 1. The van der Waals surface area contributed by atoms with E-state index in [1.54, 1.807) is 10.6 Å². The predicted octanol–water partition coefficient (Wildman–Crippen LogP) is 0.874. The highest BCUT2D eigenvalue weighted by Crippen LogP contribution is 2.22. The maximum atomic E-state index is 10.9. The van der Waals surface area contributed by atoms with Crippen molar-refractivity contribution in [3.63, 3.8) is 0 Å². The largest absolute Gasteiger partial charge is 0.481 e. The smallest absolute Gasteiger partial charge is 0.310 e. The number of carbonyl (C=O) groups is 1. The van der Waals surface area contributed by atoms with Crippen molar-refractivity contribution in [2.45, 2.75) is 19.4 Å². The van der Waals surface area contributed by atoms with Crippen molar-refractivity contribution in [1.82, 2.24) is 19.6 Å². The summed E-state index contributed by atoms with van der Waals surface area (Å²) in [5.41, 5.74) is 0.833. The van der Waals surface area contributed by atoms with Gasteiger partial charge in [0, 0.05) is 17.8 Å². The molecule has 0 aromatic carbocycles. The SMILES string of the molecule is Cc1cc(NC2C=CC(C(=O)O)C2)n2ncnc2n1. The molecule has 7 heteroatoms. The summed E-state index contributed by atoms with van der Waals surface area (Å²) in [7, 11) is 0. The van der Waals surface area contributed by atoms with Gasteiger partial charge < -0.3 is 10.4 Å². The van der Waals surface area contributed by atoms with Crippen LogP contribution in [0, 0.1) is 12.8 Å². The number of nitrogens with zero attached hydrogens (tertiary/aromatic N) is 4. The molecular weight excluding hydrogens is 246 g/mol. The Labute approximate surface area is 109 Å². The van der Waals surface area contributed by atoms with Crippen LogP contribution in [0.1, 0.15) is 12.1 Å². The molecule has 2 heterocycles. The third kappa shape index (κ3) is 2.14. The van der Waals surface area contributed by atoms with Crippen LogP contribution in [0.15, 0.2) is 24.5 Å². The second-order valence-electron chi connectivity index (χ2n) is 4.57. The minimum Gasteiger partial charge on any atom is -0.481 e. The van der Waals surface area contributed by atoms with E-state index in [4.69, 9.17) is 5.11 Å². The minimum atomic E-state index is -0.794. The molecule has 2 unspecified atom stereocenters. The highest BCUT2D eigenvalue weighted by atomic mass is 16.4. The molecule has 0 bridgehead atoms.